The summed E-state index contributed by atoms with van der Waals surface area (Å²) in [4.78, 5) is 33.4. The number of carbonyl (C=O) groups is 2. The zero-order chi connectivity index (χ0) is 43.4. The molecule has 61 heavy (non-hydrogen) atoms. The van der Waals surface area contributed by atoms with Crippen molar-refractivity contribution in [3.63, 3.8) is 0 Å². The van der Waals surface area contributed by atoms with Crippen molar-refractivity contribution in [2.45, 2.75) is 165 Å². The summed E-state index contributed by atoms with van der Waals surface area (Å²) in [6.07, 6.45) is 4.27. The van der Waals surface area contributed by atoms with Gasteiger partial charge in [-0.05, 0) is 121 Å². The van der Waals surface area contributed by atoms with Gasteiger partial charge in [0.1, 0.15) is 36.1 Å². The molecule has 19 atom stereocenters. The number of methoxy groups -OCH3 is 3. The van der Waals surface area contributed by atoms with E-state index in [2.05, 4.69) is 36.9 Å². The predicted octanol–water partition coefficient (Wildman–Crippen LogP) is 6.47. The fourth-order valence-corrected chi connectivity index (χ4v) is 12.7. The zero-order valence-electron chi connectivity index (χ0n) is 37.4. The maximum Gasteiger partial charge on any atom is 0.306 e. The van der Waals surface area contributed by atoms with Gasteiger partial charge in [-0.25, -0.2) is 8.78 Å². The summed E-state index contributed by atoms with van der Waals surface area (Å²) in [5, 5.41) is 0. The maximum absolute atomic E-state index is 15.1. The highest BCUT2D eigenvalue weighted by molar-refractivity contribution is 5.99. The van der Waals surface area contributed by atoms with Crippen LogP contribution in [0.1, 0.15) is 85.5 Å². The fraction of sp³-hybridized carbons (Fsp3) is 0.787. The summed E-state index contributed by atoms with van der Waals surface area (Å²) in [6.45, 7) is 8.01. The smallest absolute Gasteiger partial charge is 0.306 e. The van der Waals surface area contributed by atoms with E-state index in [1.807, 2.05) is 20.8 Å². The Balaban J connectivity index is 1.12. The van der Waals surface area contributed by atoms with Crippen LogP contribution in [-0.4, -0.2) is 132 Å². The van der Waals surface area contributed by atoms with Crippen LogP contribution in [0.5, 0.6) is 0 Å². The van der Waals surface area contributed by atoms with E-state index in [9.17, 15) is 13.6 Å². The lowest BCUT2D eigenvalue weighted by atomic mass is 9.66. The number of carbonyl (C=O) groups excluding carboxylic acids is 2. The number of Topliss-reactive ketones (excluding diaryl/α,β-unsaturated/α-hetero) is 1. The molecule has 0 bridgehead atoms. The molecule has 3 aliphatic carbocycles. The summed E-state index contributed by atoms with van der Waals surface area (Å²) in [5.74, 6) is -2.66. The van der Waals surface area contributed by atoms with E-state index >= 15 is 4.79 Å². The van der Waals surface area contributed by atoms with Crippen LogP contribution >= 0.6 is 0 Å². The van der Waals surface area contributed by atoms with Crippen molar-refractivity contribution in [1.82, 2.24) is 4.90 Å². The fourth-order valence-electron chi connectivity index (χ4n) is 12.7. The molecule has 7 aliphatic rings. The molecular formula is C47H68F2N2O10. The number of likely N-dealkylation sites (N-methyl/N-ethyl adjacent to an activating group) is 1. The van der Waals surface area contributed by atoms with Gasteiger partial charge in [0, 0.05) is 51.0 Å². The molecule has 0 amide bonds. The van der Waals surface area contributed by atoms with Gasteiger partial charge in [-0.3, -0.25) is 9.59 Å². The average molecular weight is 859 g/mol. The number of halogens is 2. The molecule has 14 heteroatoms. The van der Waals surface area contributed by atoms with Gasteiger partial charge in [-0.1, -0.05) is 19.9 Å². The van der Waals surface area contributed by atoms with E-state index in [1.165, 1.54) is 12.1 Å². The number of hydrogen-bond donors (Lipinski definition) is 0. The molecule has 1 aromatic rings. The molecule has 4 aliphatic heterocycles. The Morgan fingerprint density at radius 3 is 2.18 bits per heavy atom. The van der Waals surface area contributed by atoms with Crippen LogP contribution in [0.3, 0.4) is 0 Å². The number of benzene rings is 1. The van der Waals surface area contributed by atoms with Crippen molar-refractivity contribution in [3.05, 3.63) is 41.5 Å². The van der Waals surface area contributed by atoms with Crippen molar-refractivity contribution in [2.24, 2.45) is 35.5 Å². The SMILES string of the molecule is CC[C@H]1CCC[C@H](O[C@H]2CC[C@H](N(C)C)[C@@H](C)O2)[C@@H](C)C(=O)C2=C[C@H]3[C@@H]4C[C@H](O[C@@H]5O[C@@H](C)[C@H](OC)[C@@H](OC)[C@H]5OC)C[C@H]4[C@H]4[C@@H]([C@H]3[C@@H]2CC(=O)O1)N4c1cc(F)cc(F)c1. The van der Waals surface area contributed by atoms with Gasteiger partial charge in [0.2, 0.25) is 0 Å². The minimum Gasteiger partial charge on any atom is -0.462 e. The first-order valence-electron chi connectivity index (χ1n) is 22.8. The Morgan fingerprint density at radius 1 is 0.820 bits per heavy atom. The van der Waals surface area contributed by atoms with E-state index in [1.54, 1.807) is 21.3 Å². The Kier molecular flexibility index (Phi) is 13.7. The summed E-state index contributed by atoms with van der Waals surface area (Å²) in [7, 11) is 9.00. The topological polar surface area (TPSA) is 114 Å². The second-order valence-corrected chi connectivity index (χ2v) is 19.1. The third kappa shape index (κ3) is 8.70. The number of rotatable bonds is 10. The van der Waals surface area contributed by atoms with Gasteiger partial charge < -0.3 is 47.7 Å². The minimum absolute atomic E-state index is 0.0198. The summed E-state index contributed by atoms with van der Waals surface area (Å²) < 4.78 is 80.0. The normalized spacial score (nSPS) is 44.0. The van der Waals surface area contributed by atoms with Crippen LogP contribution in [0.25, 0.3) is 0 Å². The van der Waals surface area contributed by atoms with Crippen molar-refractivity contribution in [2.75, 3.05) is 40.3 Å². The molecule has 4 saturated heterocycles. The van der Waals surface area contributed by atoms with E-state index in [0.717, 1.165) is 25.3 Å². The second kappa shape index (κ2) is 18.5. The van der Waals surface area contributed by atoms with Crippen molar-refractivity contribution >= 4 is 17.4 Å². The van der Waals surface area contributed by atoms with Gasteiger partial charge in [0.15, 0.2) is 18.4 Å². The molecule has 6 fully saturated rings. The van der Waals surface area contributed by atoms with E-state index < -0.39 is 54.4 Å². The van der Waals surface area contributed by atoms with Crippen LogP contribution in [0.15, 0.2) is 29.8 Å². The molecule has 0 radical (unpaired) electrons. The first-order chi connectivity index (χ1) is 29.3. The van der Waals surface area contributed by atoms with Crippen LogP contribution in [-0.2, 0) is 47.5 Å². The number of ketones is 1. The Morgan fingerprint density at radius 2 is 1.52 bits per heavy atom. The second-order valence-electron chi connectivity index (χ2n) is 19.1. The van der Waals surface area contributed by atoms with E-state index in [-0.39, 0.29) is 90.5 Å². The number of fused-ring (bicyclic) bond motifs is 8. The molecule has 8 rings (SSSR count). The average Bonchev–Trinajstić information content (AvgIpc) is 3.63. The molecule has 4 heterocycles. The highest BCUT2D eigenvalue weighted by Crippen LogP contribution is 2.65. The number of cyclic esters (lactones) is 1. The first kappa shape index (κ1) is 45.0. The number of ether oxygens (including phenoxy) is 8. The van der Waals surface area contributed by atoms with Gasteiger partial charge in [0.05, 0.1) is 42.9 Å². The third-order valence-electron chi connectivity index (χ3n) is 15.6. The molecule has 0 spiro atoms. The highest BCUT2D eigenvalue weighted by Gasteiger charge is 2.69. The summed E-state index contributed by atoms with van der Waals surface area (Å²) in [5.41, 5.74) is 1.11. The molecular weight excluding hydrogens is 791 g/mol. The van der Waals surface area contributed by atoms with Crippen molar-refractivity contribution in [1.29, 1.82) is 0 Å². The molecule has 340 valence electrons. The minimum atomic E-state index is -0.719. The lowest BCUT2D eigenvalue weighted by molar-refractivity contribution is -0.314. The number of allylic oxidation sites excluding steroid dienone is 2. The molecule has 12 nitrogen and oxygen atoms in total. The van der Waals surface area contributed by atoms with Crippen LogP contribution < -0.4 is 4.90 Å². The first-order valence-corrected chi connectivity index (χ1v) is 22.8. The summed E-state index contributed by atoms with van der Waals surface area (Å²) in [6, 6.07) is 3.74. The van der Waals surface area contributed by atoms with Gasteiger partial charge >= 0.3 is 5.97 Å². The molecule has 2 saturated carbocycles. The quantitative estimate of drug-likeness (QED) is 0.190. The monoisotopic (exact) mass is 858 g/mol. The number of hydrogen-bond acceptors (Lipinski definition) is 12. The van der Waals surface area contributed by atoms with Crippen molar-refractivity contribution in [3.8, 4) is 0 Å². The van der Waals surface area contributed by atoms with Crippen molar-refractivity contribution < 1.29 is 56.3 Å². The molecule has 0 aromatic heterocycles. The molecule has 0 unspecified atom stereocenters. The van der Waals surface area contributed by atoms with Crippen LogP contribution in [0, 0.1) is 47.1 Å². The Labute approximate surface area is 360 Å². The highest BCUT2D eigenvalue weighted by atomic mass is 19.1. The van der Waals surface area contributed by atoms with E-state index in [0.29, 0.717) is 43.4 Å². The van der Waals surface area contributed by atoms with Gasteiger partial charge in [-0.15, -0.1) is 0 Å². The Hall–Kier alpha value is -2.56. The maximum atomic E-state index is 15.1. The largest absolute Gasteiger partial charge is 0.462 e. The standard InChI is InChI=1S/C47H68F2N2O10/c1-10-29-12-11-13-37(61-39-15-14-36(50(5)6)24(3)57-39)23(2)43(53)35-21-32-31-19-30(60-47-46(56-9)45(55-8)44(54-7)25(4)58-47)20-34(31)41-42(40(32)33(35)22-38(52)59-29)51(41)28-17-26(48)16-27(49)18-28/h16-18,21,23-25,29-34,36-37,39-42,44-47H,10-15,19-20,22H2,1-9H3/t23-,24-,25+,29+,30+,31+,32+,33-,34-,36+,37+,39+,40-,41+,42-,44+,45-,46-,47+,51?/m1/s1. The number of esters is 1. The number of nitrogens with zero attached hydrogens (tertiary/aromatic N) is 2. The lowest BCUT2D eigenvalue weighted by Gasteiger charge is -2.44. The third-order valence-corrected chi connectivity index (χ3v) is 15.6. The zero-order valence-corrected chi connectivity index (χ0v) is 37.4. The summed E-state index contributed by atoms with van der Waals surface area (Å²) >= 11 is 0. The predicted molar refractivity (Wildman–Crippen MR) is 222 cm³/mol. The number of anilines is 1. The lowest BCUT2D eigenvalue weighted by Crippen LogP contribution is -2.59. The van der Waals surface area contributed by atoms with E-state index in [4.69, 9.17) is 37.9 Å². The Bertz CT molecular complexity index is 1750. The van der Waals surface area contributed by atoms with Gasteiger partial charge in [-0.2, -0.15) is 0 Å². The molecule has 1 aromatic carbocycles. The van der Waals surface area contributed by atoms with Crippen LogP contribution in [0.2, 0.25) is 0 Å². The van der Waals surface area contributed by atoms with Gasteiger partial charge in [0.25, 0.3) is 0 Å². The van der Waals surface area contributed by atoms with Crippen LogP contribution in [0.4, 0.5) is 14.5 Å². The molecule has 0 N–H and O–H groups in total.